The second kappa shape index (κ2) is 7.21. The first-order valence-corrected chi connectivity index (χ1v) is 8.15. The van der Waals surface area contributed by atoms with E-state index in [1.807, 2.05) is 25.1 Å². The lowest BCUT2D eigenvalue weighted by Gasteiger charge is -2.34. The Morgan fingerprint density at radius 1 is 1.20 bits per heavy atom. The molecule has 2 rings (SSSR count). The fourth-order valence-corrected chi connectivity index (χ4v) is 3.59. The molecule has 0 bridgehead atoms. The molecule has 0 heterocycles. The molecule has 112 valence electrons. The molecule has 0 aromatic heterocycles. The molecule has 0 saturated heterocycles. The van der Waals surface area contributed by atoms with E-state index in [1.54, 1.807) is 0 Å². The standard InChI is InChI=1S/C18H28FN/c1-4-14-9-11-15(12-10-14)18(20-5-2)16-8-6-7-13(3)17(16)19/h6-8,14-15,18,20H,4-5,9-12H2,1-3H3. The third kappa shape index (κ3) is 3.41. The van der Waals surface area contributed by atoms with Crippen LogP contribution in [0.15, 0.2) is 18.2 Å². The number of benzene rings is 1. The van der Waals surface area contributed by atoms with Crippen LogP contribution < -0.4 is 5.32 Å². The van der Waals surface area contributed by atoms with E-state index in [2.05, 4.69) is 19.2 Å². The molecule has 1 nitrogen and oxygen atoms in total. The Balaban J connectivity index is 2.17. The molecule has 1 fully saturated rings. The molecule has 1 aliphatic carbocycles. The molecular formula is C18H28FN. The van der Waals surface area contributed by atoms with Crippen molar-refractivity contribution in [2.24, 2.45) is 11.8 Å². The molecule has 20 heavy (non-hydrogen) atoms. The van der Waals surface area contributed by atoms with Gasteiger partial charge in [0.15, 0.2) is 0 Å². The van der Waals surface area contributed by atoms with E-state index in [4.69, 9.17) is 0 Å². The first-order valence-electron chi connectivity index (χ1n) is 8.15. The van der Waals surface area contributed by atoms with Crippen LogP contribution in [0.25, 0.3) is 0 Å². The summed E-state index contributed by atoms with van der Waals surface area (Å²) in [7, 11) is 0. The molecule has 0 aliphatic heterocycles. The highest BCUT2D eigenvalue weighted by molar-refractivity contribution is 5.28. The first-order chi connectivity index (χ1) is 9.67. The van der Waals surface area contributed by atoms with E-state index < -0.39 is 0 Å². The number of aryl methyl sites for hydroxylation is 1. The Morgan fingerprint density at radius 3 is 2.50 bits per heavy atom. The van der Waals surface area contributed by atoms with Crippen LogP contribution in [0.2, 0.25) is 0 Å². The lowest BCUT2D eigenvalue weighted by atomic mass is 9.75. The maximum Gasteiger partial charge on any atom is 0.130 e. The van der Waals surface area contributed by atoms with E-state index in [9.17, 15) is 4.39 Å². The van der Waals surface area contributed by atoms with E-state index >= 15 is 0 Å². The van der Waals surface area contributed by atoms with Gasteiger partial charge in [-0.05, 0) is 43.7 Å². The first kappa shape index (κ1) is 15.5. The molecule has 1 atom stereocenters. The largest absolute Gasteiger partial charge is 0.310 e. The number of rotatable bonds is 5. The fraction of sp³-hybridized carbons (Fsp3) is 0.667. The predicted molar refractivity (Wildman–Crippen MR) is 83.3 cm³/mol. The van der Waals surface area contributed by atoms with E-state index in [1.165, 1.54) is 32.1 Å². The third-order valence-electron chi connectivity index (χ3n) is 4.92. The van der Waals surface area contributed by atoms with Gasteiger partial charge in [-0.1, -0.05) is 51.3 Å². The van der Waals surface area contributed by atoms with Gasteiger partial charge in [-0.25, -0.2) is 4.39 Å². The Labute approximate surface area is 123 Å². The van der Waals surface area contributed by atoms with Crippen LogP contribution in [0.5, 0.6) is 0 Å². The Morgan fingerprint density at radius 2 is 1.90 bits per heavy atom. The molecule has 0 amide bonds. The van der Waals surface area contributed by atoms with Gasteiger partial charge in [-0.3, -0.25) is 0 Å². The summed E-state index contributed by atoms with van der Waals surface area (Å²) in [6, 6.07) is 5.98. The summed E-state index contributed by atoms with van der Waals surface area (Å²) in [4.78, 5) is 0. The van der Waals surface area contributed by atoms with Gasteiger partial charge in [0.1, 0.15) is 5.82 Å². The molecule has 1 aromatic carbocycles. The van der Waals surface area contributed by atoms with Crippen LogP contribution in [0, 0.1) is 24.6 Å². The van der Waals surface area contributed by atoms with Gasteiger partial charge >= 0.3 is 0 Å². The number of nitrogens with one attached hydrogen (secondary N) is 1. The van der Waals surface area contributed by atoms with Crippen LogP contribution in [-0.2, 0) is 0 Å². The Hall–Kier alpha value is -0.890. The number of halogens is 1. The van der Waals surface area contributed by atoms with Crippen molar-refractivity contribution >= 4 is 0 Å². The molecule has 1 N–H and O–H groups in total. The fourth-order valence-electron chi connectivity index (χ4n) is 3.59. The topological polar surface area (TPSA) is 12.0 Å². The molecule has 0 radical (unpaired) electrons. The summed E-state index contributed by atoms with van der Waals surface area (Å²) in [5, 5.41) is 3.53. The Bertz CT molecular complexity index is 421. The average Bonchev–Trinajstić information content (AvgIpc) is 2.48. The Kier molecular flexibility index (Phi) is 5.59. The van der Waals surface area contributed by atoms with Crippen molar-refractivity contribution in [3.63, 3.8) is 0 Å². The van der Waals surface area contributed by atoms with E-state index in [0.717, 1.165) is 23.6 Å². The van der Waals surface area contributed by atoms with Gasteiger partial charge in [0.2, 0.25) is 0 Å². The molecule has 1 unspecified atom stereocenters. The maximum absolute atomic E-state index is 14.4. The number of hydrogen-bond donors (Lipinski definition) is 1. The van der Waals surface area contributed by atoms with Crippen LogP contribution >= 0.6 is 0 Å². The van der Waals surface area contributed by atoms with Crippen molar-refractivity contribution in [3.05, 3.63) is 35.1 Å². The summed E-state index contributed by atoms with van der Waals surface area (Å²) in [5.74, 6) is 1.45. The van der Waals surface area contributed by atoms with E-state index in [-0.39, 0.29) is 11.9 Å². The maximum atomic E-state index is 14.4. The summed E-state index contributed by atoms with van der Waals surface area (Å²) < 4.78 is 14.4. The molecule has 2 heteroatoms. The SMILES string of the molecule is CCNC(c1cccc(C)c1F)C1CCC(CC)CC1. The van der Waals surface area contributed by atoms with Gasteiger partial charge in [0.25, 0.3) is 0 Å². The second-order valence-corrected chi connectivity index (χ2v) is 6.20. The van der Waals surface area contributed by atoms with Crippen molar-refractivity contribution in [1.29, 1.82) is 0 Å². The minimum absolute atomic E-state index is 0.0175. The lowest BCUT2D eigenvalue weighted by molar-refractivity contribution is 0.217. The molecular weight excluding hydrogens is 249 g/mol. The molecule has 1 aromatic rings. The normalized spacial score (nSPS) is 24.6. The second-order valence-electron chi connectivity index (χ2n) is 6.20. The van der Waals surface area contributed by atoms with Crippen LogP contribution in [0.3, 0.4) is 0 Å². The molecule has 1 aliphatic rings. The van der Waals surface area contributed by atoms with Crippen LogP contribution in [-0.4, -0.2) is 6.54 Å². The summed E-state index contributed by atoms with van der Waals surface area (Å²) in [6.07, 6.45) is 6.34. The third-order valence-corrected chi connectivity index (χ3v) is 4.92. The zero-order chi connectivity index (χ0) is 14.5. The van der Waals surface area contributed by atoms with Crippen molar-refractivity contribution in [3.8, 4) is 0 Å². The van der Waals surface area contributed by atoms with Crippen LogP contribution in [0.4, 0.5) is 4.39 Å². The van der Waals surface area contributed by atoms with Crippen molar-refractivity contribution in [2.45, 2.75) is 58.9 Å². The van der Waals surface area contributed by atoms with Crippen molar-refractivity contribution in [1.82, 2.24) is 5.32 Å². The summed E-state index contributed by atoms with van der Waals surface area (Å²) in [5.41, 5.74) is 1.62. The van der Waals surface area contributed by atoms with Gasteiger partial charge in [0, 0.05) is 11.6 Å². The molecule has 1 saturated carbocycles. The number of hydrogen-bond acceptors (Lipinski definition) is 1. The van der Waals surface area contributed by atoms with Gasteiger partial charge in [0.05, 0.1) is 0 Å². The van der Waals surface area contributed by atoms with Gasteiger partial charge in [-0.2, -0.15) is 0 Å². The smallest absolute Gasteiger partial charge is 0.130 e. The quantitative estimate of drug-likeness (QED) is 0.798. The monoisotopic (exact) mass is 277 g/mol. The van der Waals surface area contributed by atoms with E-state index in [0.29, 0.717) is 5.92 Å². The van der Waals surface area contributed by atoms with Gasteiger partial charge in [-0.15, -0.1) is 0 Å². The zero-order valence-corrected chi connectivity index (χ0v) is 13.1. The predicted octanol–water partition coefficient (Wildman–Crippen LogP) is 5.00. The zero-order valence-electron chi connectivity index (χ0n) is 13.1. The van der Waals surface area contributed by atoms with Crippen LogP contribution in [0.1, 0.15) is 63.1 Å². The summed E-state index contributed by atoms with van der Waals surface area (Å²) >= 11 is 0. The highest BCUT2D eigenvalue weighted by Gasteiger charge is 2.29. The lowest BCUT2D eigenvalue weighted by Crippen LogP contribution is -2.31. The average molecular weight is 277 g/mol. The minimum atomic E-state index is -0.0175. The highest BCUT2D eigenvalue weighted by atomic mass is 19.1. The summed E-state index contributed by atoms with van der Waals surface area (Å²) in [6.45, 7) is 7.15. The van der Waals surface area contributed by atoms with Crippen molar-refractivity contribution in [2.75, 3.05) is 6.54 Å². The molecule has 0 spiro atoms. The van der Waals surface area contributed by atoms with Crippen molar-refractivity contribution < 1.29 is 4.39 Å². The minimum Gasteiger partial charge on any atom is -0.310 e. The van der Waals surface area contributed by atoms with Gasteiger partial charge < -0.3 is 5.32 Å². The highest BCUT2D eigenvalue weighted by Crippen LogP contribution is 2.38.